The first kappa shape index (κ1) is 34.3. The van der Waals surface area contributed by atoms with Gasteiger partial charge in [0.1, 0.15) is 11.2 Å². The van der Waals surface area contributed by atoms with Crippen LogP contribution in [-0.4, -0.2) is 15.0 Å². The molecular formula is C55H35N3O. The number of hydrogen-bond donors (Lipinski definition) is 0. The van der Waals surface area contributed by atoms with Crippen LogP contribution in [0.15, 0.2) is 217 Å². The van der Waals surface area contributed by atoms with Crippen LogP contribution in [0.5, 0.6) is 0 Å². The Bertz CT molecular complexity index is 3290. The van der Waals surface area contributed by atoms with E-state index in [2.05, 4.69) is 194 Å². The average molecular weight is 754 g/mol. The molecule has 0 spiro atoms. The van der Waals surface area contributed by atoms with E-state index in [4.69, 9.17) is 19.4 Å². The lowest BCUT2D eigenvalue weighted by atomic mass is 9.96. The first-order valence-corrected chi connectivity index (χ1v) is 19.8. The Labute approximate surface area is 341 Å². The van der Waals surface area contributed by atoms with Crippen LogP contribution in [0.25, 0.3) is 111 Å². The molecule has 276 valence electrons. The predicted octanol–water partition coefficient (Wildman–Crippen LogP) is 14.6. The van der Waals surface area contributed by atoms with Gasteiger partial charge in [-0.3, -0.25) is 0 Å². The summed E-state index contributed by atoms with van der Waals surface area (Å²) in [6.45, 7) is 0. The first-order valence-electron chi connectivity index (χ1n) is 19.8. The highest BCUT2D eigenvalue weighted by molar-refractivity contribution is 6.13. The molecule has 0 fully saturated rings. The molecule has 0 aliphatic heterocycles. The van der Waals surface area contributed by atoms with E-state index in [9.17, 15) is 0 Å². The molecular weight excluding hydrogens is 719 g/mol. The highest BCUT2D eigenvalue weighted by Gasteiger charge is 2.18. The van der Waals surface area contributed by atoms with Crippen molar-refractivity contribution in [2.45, 2.75) is 0 Å². The van der Waals surface area contributed by atoms with Gasteiger partial charge in [0.05, 0.1) is 0 Å². The van der Waals surface area contributed by atoms with E-state index in [1.54, 1.807) is 0 Å². The van der Waals surface area contributed by atoms with Crippen molar-refractivity contribution in [3.8, 4) is 78.7 Å². The standard InChI is InChI=1S/C55H35N3O/c1-3-12-36(13-4-1)38-24-28-41(29-25-38)48-22-11-23-50-52(48)49-33-32-45(35-51(49)59-50)55-57-53(42-30-26-39(27-31-42)37-14-5-2-6-15-37)56-54(58-55)44-19-9-18-43(34-44)47-21-10-17-40-16-7-8-20-46(40)47/h1-35H. The Morgan fingerprint density at radius 3 is 1.46 bits per heavy atom. The van der Waals surface area contributed by atoms with Crippen molar-refractivity contribution >= 4 is 32.7 Å². The van der Waals surface area contributed by atoms with Crippen LogP contribution < -0.4 is 0 Å². The van der Waals surface area contributed by atoms with Gasteiger partial charge in [-0.25, -0.2) is 15.0 Å². The third-order valence-corrected chi connectivity index (χ3v) is 11.2. The van der Waals surface area contributed by atoms with Crippen molar-refractivity contribution in [3.63, 3.8) is 0 Å². The summed E-state index contributed by atoms with van der Waals surface area (Å²) in [5.74, 6) is 1.78. The number of rotatable bonds is 7. The van der Waals surface area contributed by atoms with Crippen LogP contribution in [0, 0.1) is 0 Å². The van der Waals surface area contributed by atoms with Crippen LogP contribution in [0.2, 0.25) is 0 Å². The minimum Gasteiger partial charge on any atom is -0.456 e. The number of nitrogens with zero attached hydrogens (tertiary/aromatic N) is 3. The number of fused-ring (bicyclic) bond motifs is 4. The van der Waals surface area contributed by atoms with Crippen molar-refractivity contribution in [1.82, 2.24) is 15.0 Å². The molecule has 0 aliphatic rings. The van der Waals surface area contributed by atoms with E-state index < -0.39 is 0 Å². The number of benzene rings is 9. The molecule has 2 aromatic heterocycles. The fourth-order valence-corrected chi connectivity index (χ4v) is 8.19. The molecule has 2 heterocycles. The SMILES string of the molecule is c1ccc(-c2ccc(-c3nc(-c4cccc(-c5cccc6ccccc56)c4)nc(-c4ccc5c(c4)oc4cccc(-c6ccc(-c7ccccc7)cc6)c45)n3)cc2)cc1. The van der Waals surface area contributed by atoms with Crippen molar-refractivity contribution < 1.29 is 4.42 Å². The van der Waals surface area contributed by atoms with Crippen LogP contribution in [-0.2, 0) is 0 Å². The maximum absolute atomic E-state index is 6.58. The van der Waals surface area contributed by atoms with Gasteiger partial charge in [0.15, 0.2) is 17.5 Å². The molecule has 11 rings (SSSR count). The molecule has 0 saturated heterocycles. The zero-order chi connectivity index (χ0) is 39.1. The molecule has 4 heteroatoms. The topological polar surface area (TPSA) is 51.8 Å². The van der Waals surface area contributed by atoms with Crippen LogP contribution in [0.3, 0.4) is 0 Å². The lowest BCUT2D eigenvalue weighted by molar-refractivity contribution is 0.669. The van der Waals surface area contributed by atoms with E-state index in [0.717, 1.165) is 72.0 Å². The maximum Gasteiger partial charge on any atom is 0.164 e. The van der Waals surface area contributed by atoms with Gasteiger partial charge in [-0.15, -0.1) is 0 Å². The van der Waals surface area contributed by atoms with Crippen LogP contribution in [0.1, 0.15) is 0 Å². The fourth-order valence-electron chi connectivity index (χ4n) is 8.19. The Morgan fingerprint density at radius 1 is 0.271 bits per heavy atom. The second-order valence-electron chi connectivity index (χ2n) is 14.8. The van der Waals surface area contributed by atoms with Crippen molar-refractivity contribution in [2.75, 3.05) is 0 Å². The molecule has 0 aliphatic carbocycles. The molecule has 59 heavy (non-hydrogen) atoms. The molecule has 0 bridgehead atoms. The van der Waals surface area contributed by atoms with Gasteiger partial charge < -0.3 is 4.42 Å². The summed E-state index contributed by atoms with van der Waals surface area (Å²) >= 11 is 0. The van der Waals surface area contributed by atoms with Gasteiger partial charge in [0, 0.05) is 27.5 Å². The van der Waals surface area contributed by atoms with Gasteiger partial charge in [0.2, 0.25) is 0 Å². The molecule has 0 saturated carbocycles. The van der Waals surface area contributed by atoms with Gasteiger partial charge in [-0.1, -0.05) is 188 Å². The van der Waals surface area contributed by atoms with E-state index in [1.165, 1.54) is 21.9 Å². The summed E-state index contributed by atoms with van der Waals surface area (Å²) in [6.07, 6.45) is 0. The Hall–Kier alpha value is -7.95. The lowest BCUT2D eigenvalue weighted by Crippen LogP contribution is -2.00. The van der Waals surface area contributed by atoms with E-state index in [-0.39, 0.29) is 0 Å². The second-order valence-corrected chi connectivity index (χ2v) is 14.8. The van der Waals surface area contributed by atoms with Gasteiger partial charge >= 0.3 is 0 Å². The van der Waals surface area contributed by atoms with Gasteiger partial charge in [-0.2, -0.15) is 0 Å². The fraction of sp³-hybridized carbons (Fsp3) is 0. The zero-order valence-electron chi connectivity index (χ0n) is 32.0. The largest absolute Gasteiger partial charge is 0.456 e. The molecule has 0 radical (unpaired) electrons. The molecule has 4 nitrogen and oxygen atoms in total. The van der Waals surface area contributed by atoms with Crippen LogP contribution >= 0.6 is 0 Å². The number of furan rings is 1. The zero-order valence-corrected chi connectivity index (χ0v) is 32.0. The smallest absolute Gasteiger partial charge is 0.164 e. The monoisotopic (exact) mass is 753 g/mol. The average Bonchev–Trinajstić information content (AvgIpc) is 3.70. The molecule has 0 unspecified atom stereocenters. The van der Waals surface area contributed by atoms with E-state index in [1.807, 2.05) is 18.2 Å². The third-order valence-electron chi connectivity index (χ3n) is 11.2. The number of hydrogen-bond acceptors (Lipinski definition) is 4. The third kappa shape index (κ3) is 6.43. The van der Waals surface area contributed by atoms with Crippen molar-refractivity contribution in [3.05, 3.63) is 212 Å². The van der Waals surface area contributed by atoms with Gasteiger partial charge in [-0.05, 0) is 79.5 Å². The second kappa shape index (κ2) is 14.5. The van der Waals surface area contributed by atoms with E-state index in [0.29, 0.717) is 17.5 Å². The minimum atomic E-state index is 0.576. The first-order chi connectivity index (χ1) is 29.2. The molecule has 11 aromatic rings. The highest BCUT2D eigenvalue weighted by Crippen LogP contribution is 2.39. The minimum absolute atomic E-state index is 0.576. The summed E-state index contributed by atoms with van der Waals surface area (Å²) in [7, 11) is 0. The van der Waals surface area contributed by atoms with Crippen molar-refractivity contribution in [1.29, 1.82) is 0 Å². The summed E-state index contributed by atoms with van der Waals surface area (Å²) in [4.78, 5) is 15.4. The molecule has 0 N–H and O–H groups in total. The van der Waals surface area contributed by atoms with Gasteiger partial charge in [0.25, 0.3) is 0 Å². The summed E-state index contributed by atoms with van der Waals surface area (Å²) < 4.78 is 6.58. The van der Waals surface area contributed by atoms with E-state index >= 15 is 0 Å². The van der Waals surface area contributed by atoms with Crippen molar-refractivity contribution in [2.24, 2.45) is 0 Å². The Morgan fingerprint density at radius 2 is 0.746 bits per heavy atom. The number of aromatic nitrogens is 3. The summed E-state index contributed by atoms with van der Waals surface area (Å²) in [6, 6.07) is 74.0. The van der Waals surface area contributed by atoms with Crippen LogP contribution in [0.4, 0.5) is 0 Å². The molecule has 0 atom stereocenters. The quantitative estimate of drug-likeness (QED) is 0.163. The normalized spacial score (nSPS) is 11.4. The Balaban J connectivity index is 1.02. The maximum atomic E-state index is 6.58. The molecule has 0 amide bonds. The molecule has 9 aromatic carbocycles. The lowest BCUT2D eigenvalue weighted by Gasteiger charge is -2.11. The predicted molar refractivity (Wildman–Crippen MR) is 243 cm³/mol. The Kier molecular flexibility index (Phi) is 8.45. The highest BCUT2D eigenvalue weighted by atomic mass is 16.3. The summed E-state index contributed by atoms with van der Waals surface area (Å²) in [5, 5.41) is 4.53. The summed E-state index contributed by atoms with van der Waals surface area (Å²) in [5.41, 5.74) is 13.5.